The standard InChI is InChI=1S/C9H9N3O.ClH/c1-13-9-3-8-6(2-7(9)10)4-11-5-12-8;/h2-5H,10H2,1H3;1H. The van der Waals surface area contributed by atoms with Crippen LogP contribution < -0.4 is 10.5 Å². The summed E-state index contributed by atoms with van der Waals surface area (Å²) in [5.41, 5.74) is 7.15. The molecule has 2 N–H and O–H groups in total. The predicted molar refractivity (Wildman–Crippen MR) is 57.8 cm³/mol. The Bertz CT molecular complexity index is 447. The van der Waals surface area contributed by atoms with E-state index in [0.717, 1.165) is 10.9 Å². The van der Waals surface area contributed by atoms with E-state index in [-0.39, 0.29) is 12.4 Å². The lowest BCUT2D eigenvalue weighted by atomic mass is 10.2. The van der Waals surface area contributed by atoms with Gasteiger partial charge < -0.3 is 10.5 Å². The Labute approximate surface area is 87.5 Å². The van der Waals surface area contributed by atoms with Crippen LogP contribution in [0.2, 0.25) is 0 Å². The Kier molecular flexibility index (Phi) is 3.09. The summed E-state index contributed by atoms with van der Waals surface area (Å²) in [5, 5.41) is 0.917. The van der Waals surface area contributed by atoms with Crippen LogP contribution in [0.15, 0.2) is 24.7 Å². The summed E-state index contributed by atoms with van der Waals surface area (Å²) < 4.78 is 5.07. The number of nitrogen functional groups attached to an aromatic ring is 1. The summed E-state index contributed by atoms with van der Waals surface area (Å²) in [7, 11) is 1.58. The highest BCUT2D eigenvalue weighted by Gasteiger charge is 2.01. The molecule has 0 aliphatic rings. The van der Waals surface area contributed by atoms with E-state index in [1.54, 1.807) is 25.4 Å². The molecule has 4 nitrogen and oxygen atoms in total. The van der Waals surface area contributed by atoms with E-state index in [1.807, 2.05) is 0 Å². The first-order valence-corrected chi connectivity index (χ1v) is 3.84. The molecule has 5 heteroatoms. The third-order valence-electron chi connectivity index (χ3n) is 1.86. The fourth-order valence-corrected chi connectivity index (χ4v) is 1.20. The average Bonchev–Trinajstić information content (AvgIpc) is 2.17. The Morgan fingerprint density at radius 2 is 2.14 bits per heavy atom. The lowest BCUT2D eigenvalue weighted by Crippen LogP contribution is -1.93. The topological polar surface area (TPSA) is 61.0 Å². The molecule has 1 heterocycles. The van der Waals surface area contributed by atoms with Crippen molar-refractivity contribution in [2.24, 2.45) is 0 Å². The molecule has 0 radical (unpaired) electrons. The maximum atomic E-state index is 5.72. The van der Waals surface area contributed by atoms with Crippen LogP contribution >= 0.6 is 12.4 Å². The van der Waals surface area contributed by atoms with E-state index in [2.05, 4.69) is 9.97 Å². The van der Waals surface area contributed by atoms with Crippen molar-refractivity contribution in [3.05, 3.63) is 24.7 Å². The van der Waals surface area contributed by atoms with Gasteiger partial charge in [-0.15, -0.1) is 12.4 Å². The molecule has 0 atom stereocenters. The molecule has 0 aliphatic heterocycles. The zero-order valence-corrected chi connectivity index (χ0v) is 8.41. The lowest BCUT2D eigenvalue weighted by molar-refractivity contribution is 0.417. The molecule has 0 fully saturated rings. The van der Waals surface area contributed by atoms with Gasteiger partial charge in [0.15, 0.2) is 0 Å². The van der Waals surface area contributed by atoms with Gasteiger partial charge in [0, 0.05) is 17.6 Å². The van der Waals surface area contributed by atoms with Crippen LogP contribution in [0.1, 0.15) is 0 Å². The van der Waals surface area contributed by atoms with Crippen LogP contribution in [0.3, 0.4) is 0 Å². The van der Waals surface area contributed by atoms with Gasteiger partial charge in [-0.2, -0.15) is 0 Å². The first-order chi connectivity index (χ1) is 6.31. The van der Waals surface area contributed by atoms with E-state index in [9.17, 15) is 0 Å². The summed E-state index contributed by atoms with van der Waals surface area (Å²) in [6.45, 7) is 0. The van der Waals surface area contributed by atoms with E-state index >= 15 is 0 Å². The van der Waals surface area contributed by atoms with Gasteiger partial charge in [0.25, 0.3) is 0 Å². The molecule has 0 aliphatic carbocycles. The molecule has 0 unspecified atom stereocenters. The van der Waals surface area contributed by atoms with Gasteiger partial charge in [-0.3, -0.25) is 0 Å². The van der Waals surface area contributed by atoms with E-state index in [1.165, 1.54) is 6.33 Å². The van der Waals surface area contributed by atoms with Gasteiger partial charge in [0.2, 0.25) is 0 Å². The third-order valence-corrected chi connectivity index (χ3v) is 1.86. The number of benzene rings is 1. The number of fused-ring (bicyclic) bond motifs is 1. The number of hydrogen-bond acceptors (Lipinski definition) is 4. The second-order valence-corrected chi connectivity index (χ2v) is 2.68. The Morgan fingerprint density at radius 3 is 2.86 bits per heavy atom. The minimum Gasteiger partial charge on any atom is -0.495 e. The largest absolute Gasteiger partial charge is 0.495 e. The molecule has 0 saturated carbocycles. The van der Waals surface area contributed by atoms with Crippen LogP contribution in [0.4, 0.5) is 5.69 Å². The Hall–Kier alpha value is -1.55. The fourth-order valence-electron chi connectivity index (χ4n) is 1.20. The zero-order chi connectivity index (χ0) is 9.26. The number of hydrogen-bond donors (Lipinski definition) is 1. The number of halogens is 1. The number of rotatable bonds is 1. The average molecular weight is 212 g/mol. The molecule has 14 heavy (non-hydrogen) atoms. The van der Waals surface area contributed by atoms with Crippen molar-refractivity contribution in [2.75, 3.05) is 12.8 Å². The second kappa shape index (κ2) is 4.11. The first-order valence-electron chi connectivity index (χ1n) is 3.84. The Morgan fingerprint density at radius 1 is 1.36 bits per heavy atom. The normalized spacial score (nSPS) is 9.50. The SMILES string of the molecule is COc1cc2ncncc2cc1N.Cl. The molecule has 1 aromatic heterocycles. The van der Waals surface area contributed by atoms with Crippen molar-refractivity contribution in [3.63, 3.8) is 0 Å². The van der Waals surface area contributed by atoms with Gasteiger partial charge >= 0.3 is 0 Å². The highest BCUT2D eigenvalue weighted by Crippen LogP contribution is 2.25. The molecule has 0 bridgehead atoms. The van der Waals surface area contributed by atoms with Crippen LogP contribution in [0, 0.1) is 0 Å². The number of ether oxygens (including phenoxy) is 1. The highest BCUT2D eigenvalue weighted by atomic mass is 35.5. The maximum Gasteiger partial charge on any atom is 0.143 e. The summed E-state index contributed by atoms with van der Waals surface area (Å²) in [6.07, 6.45) is 3.22. The minimum atomic E-state index is 0. The number of nitrogens with two attached hydrogens (primary N) is 1. The maximum absolute atomic E-state index is 5.72. The van der Waals surface area contributed by atoms with Gasteiger partial charge in [0.1, 0.15) is 12.1 Å². The summed E-state index contributed by atoms with van der Waals surface area (Å²) in [4.78, 5) is 7.99. The van der Waals surface area contributed by atoms with Crippen LogP contribution in [0.25, 0.3) is 10.9 Å². The van der Waals surface area contributed by atoms with Crippen molar-refractivity contribution in [1.29, 1.82) is 0 Å². The number of anilines is 1. The molecule has 2 aromatic rings. The summed E-state index contributed by atoms with van der Waals surface area (Å²) in [6, 6.07) is 3.60. The first kappa shape index (κ1) is 10.5. The molecule has 1 aromatic carbocycles. The van der Waals surface area contributed by atoms with E-state index in [0.29, 0.717) is 11.4 Å². The molecule has 0 amide bonds. The summed E-state index contributed by atoms with van der Waals surface area (Å²) >= 11 is 0. The lowest BCUT2D eigenvalue weighted by Gasteiger charge is -2.04. The fraction of sp³-hybridized carbons (Fsp3) is 0.111. The van der Waals surface area contributed by atoms with Crippen molar-refractivity contribution in [2.45, 2.75) is 0 Å². The molecule has 0 saturated heterocycles. The van der Waals surface area contributed by atoms with Crippen LogP contribution in [-0.4, -0.2) is 17.1 Å². The Balaban J connectivity index is 0.000000980. The number of nitrogens with zero attached hydrogens (tertiary/aromatic N) is 2. The zero-order valence-electron chi connectivity index (χ0n) is 7.60. The van der Waals surface area contributed by atoms with Crippen molar-refractivity contribution in [3.8, 4) is 5.75 Å². The molecule has 0 spiro atoms. The second-order valence-electron chi connectivity index (χ2n) is 2.68. The molecule has 2 rings (SSSR count). The summed E-state index contributed by atoms with van der Waals surface area (Å²) in [5.74, 6) is 0.645. The van der Waals surface area contributed by atoms with Crippen molar-refractivity contribution < 1.29 is 4.74 Å². The molecular formula is C9H10ClN3O. The highest BCUT2D eigenvalue weighted by molar-refractivity contribution is 5.85. The van der Waals surface area contributed by atoms with Crippen LogP contribution in [-0.2, 0) is 0 Å². The van der Waals surface area contributed by atoms with E-state index < -0.39 is 0 Å². The van der Waals surface area contributed by atoms with Gasteiger partial charge in [0.05, 0.1) is 18.3 Å². The quantitative estimate of drug-likeness (QED) is 0.729. The van der Waals surface area contributed by atoms with Gasteiger partial charge in [-0.25, -0.2) is 9.97 Å². The monoisotopic (exact) mass is 211 g/mol. The van der Waals surface area contributed by atoms with E-state index in [4.69, 9.17) is 10.5 Å². The number of aromatic nitrogens is 2. The molecular weight excluding hydrogens is 202 g/mol. The predicted octanol–water partition coefficient (Wildman–Crippen LogP) is 1.64. The third kappa shape index (κ3) is 1.70. The molecule has 74 valence electrons. The van der Waals surface area contributed by atoms with Gasteiger partial charge in [-0.05, 0) is 6.07 Å². The minimum absolute atomic E-state index is 0. The number of methoxy groups -OCH3 is 1. The van der Waals surface area contributed by atoms with Crippen molar-refractivity contribution in [1.82, 2.24) is 9.97 Å². The smallest absolute Gasteiger partial charge is 0.143 e. The van der Waals surface area contributed by atoms with Gasteiger partial charge in [-0.1, -0.05) is 0 Å². The van der Waals surface area contributed by atoms with Crippen LogP contribution in [0.5, 0.6) is 5.75 Å². The van der Waals surface area contributed by atoms with Crippen molar-refractivity contribution >= 4 is 29.0 Å².